The zero-order chi connectivity index (χ0) is 19.1. The Morgan fingerprint density at radius 2 is 2.12 bits per heavy atom. The molecule has 2 aromatic rings. The summed E-state index contributed by atoms with van der Waals surface area (Å²) in [7, 11) is 1.36. The van der Waals surface area contributed by atoms with Crippen LogP contribution in [0.25, 0.3) is 6.08 Å². The lowest BCUT2D eigenvalue weighted by Crippen LogP contribution is -2.29. The summed E-state index contributed by atoms with van der Waals surface area (Å²) in [6.07, 6.45) is 2.84. The second kappa shape index (κ2) is 8.47. The number of carbonyl (C=O) groups excluding carboxylic acids is 2. The summed E-state index contributed by atoms with van der Waals surface area (Å²) >= 11 is 0. The minimum absolute atomic E-state index is 0.0979. The van der Waals surface area contributed by atoms with E-state index in [0.29, 0.717) is 5.76 Å². The number of carbonyl (C=O) groups is 2. The molecule has 0 aliphatic carbocycles. The van der Waals surface area contributed by atoms with Crippen LogP contribution in [-0.2, 0) is 14.3 Å². The van der Waals surface area contributed by atoms with Gasteiger partial charge in [-0.1, -0.05) is 0 Å². The molecule has 0 fully saturated rings. The van der Waals surface area contributed by atoms with E-state index in [2.05, 4.69) is 5.32 Å². The first-order valence-corrected chi connectivity index (χ1v) is 7.46. The number of furan rings is 1. The second-order valence-electron chi connectivity index (χ2n) is 5.06. The van der Waals surface area contributed by atoms with Crippen molar-refractivity contribution in [3.63, 3.8) is 0 Å². The van der Waals surface area contributed by atoms with Crippen molar-refractivity contribution in [1.29, 1.82) is 0 Å². The lowest BCUT2D eigenvalue weighted by atomic mass is 10.2. The zero-order valence-electron chi connectivity index (χ0n) is 14.0. The largest absolute Gasteiger partial charge is 0.495 e. The summed E-state index contributed by atoms with van der Waals surface area (Å²) in [5, 5.41) is 13.3. The molecule has 136 valence electrons. The standard InChI is InChI=1S/C17H16N2O7/c1-11(26-16(20)8-6-13-4-3-9-25-13)17(21)18-14-10-12(19(22)23)5-7-15(14)24-2/h3-11H,1-2H3,(H,18,21). The van der Waals surface area contributed by atoms with E-state index in [-0.39, 0.29) is 17.1 Å². The van der Waals surface area contributed by atoms with Crippen molar-refractivity contribution in [2.24, 2.45) is 0 Å². The van der Waals surface area contributed by atoms with Gasteiger partial charge in [-0.05, 0) is 31.2 Å². The van der Waals surface area contributed by atoms with Crippen molar-refractivity contribution >= 4 is 29.3 Å². The van der Waals surface area contributed by atoms with E-state index < -0.39 is 22.9 Å². The van der Waals surface area contributed by atoms with Crippen molar-refractivity contribution in [2.45, 2.75) is 13.0 Å². The number of nitro benzene ring substituents is 1. The predicted molar refractivity (Wildman–Crippen MR) is 91.6 cm³/mol. The van der Waals surface area contributed by atoms with Crippen LogP contribution in [0.3, 0.4) is 0 Å². The molecule has 0 saturated carbocycles. The number of rotatable bonds is 7. The molecule has 2 rings (SSSR count). The smallest absolute Gasteiger partial charge is 0.331 e. The van der Waals surface area contributed by atoms with Gasteiger partial charge in [0.1, 0.15) is 11.5 Å². The number of anilines is 1. The molecule has 9 heteroatoms. The van der Waals surface area contributed by atoms with Crippen LogP contribution in [0.5, 0.6) is 5.75 Å². The van der Waals surface area contributed by atoms with Gasteiger partial charge in [0, 0.05) is 18.2 Å². The van der Waals surface area contributed by atoms with Crippen LogP contribution in [0.1, 0.15) is 12.7 Å². The van der Waals surface area contributed by atoms with Gasteiger partial charge in [0.25, 0.3) is 11.6 Å². The Labute approximate surface area is 148 Å². The Morgan fingerprint density at radius 1 is 1.35 bits per heavy atom. The summed E-state index contributed by atoms with van der Waals surface area (Å²) in [6.45, 7) is 1.37. The van der Waals surface area contributed by atoms with E-state index in [4.69, 9.17) is 13.9 Å². The maximum absolute atomic E-state index is 12.2. The van der Waals surface area contributed by atoms with Gasteiger partial charge in [0.05, 0.1) is 24.0 Å². The van der Waals surface area contributed by atoms with Crippen molar-refractivity contribution in [3.8, 4) is 5.75 Å². The maximum atomic E-state index is 12.2. The quantitative estimate of drug-likeness (QED) is 0.349. The highest BCUT2D eigenvalue weighted by atomic mass is 16.6. The lowest BCUT2D eigenvalue weighted by molar-refractivity contribution is -0.384. The Kier molecular flexibility index (Phi) is 6.10. The van der Waals surface area contributed by atoms with Crippen LogP contribution < -0.4 is 10.1 Å². The normalized spacial score (nSPS) is 11.8. The van der Waals surface area contributed by atoms with Crippen molar-refractivity contribution in [3.05, 3.63) is 58.5 Å². The number of nitro groups is 1. The summed E-state index contributed by atoms with van der Waals surface area (Å²) in [6, 6.07) is 7.07. The fourth-order valence-corrected chi connectivity index (χ4v) is 1.94. The molecule has 0 aliphatic heterocycles. The van der Waals surface area contributed by atoms with Gasteiger partial charge in [0.2, 0.25) is 0 Å². The van der Waals surface area contributed by atoms with Crippen molar-refractivity contribution < 1.29 is 28.4 Å². The number of hydrogen-bond acceptors (Lipinski definition) is 7. The number of hydrogen-bond donors (Lipinski definition) is 1. The highest BCUT2D eigenvalue weighted by Gasteiger charge is 2.20. The Morgan fingerprint density at radius 3 is 2.73 bits per heavy atom. The average molecular weight is 360 g/mol. The van der Waals surface area contributed by atoms with E-state index in [0.717, 1.165) is 12.1 Å². The lowest BCUT2D eigenvalue weighted by Gasteiger charge is -2.14. The number of non-ortho nitro benzene ring substituents is 1. The van der Waals surface area contributed by atoms with Crippen LogP contribution in [0, 0.1) is 10.1 Å². The number of esters is 1. The molecule has 0 aliphatic rings. The van der Waals surface area contributed by atoms with Crippen LogP contribution in [0.4, 0.5) is 11.4 Å². The van der Waals surface area contributed by atoms with E-state index >= 15 is 0 Å². The van der Waals surface area contributed by atoms with Gasteiger partial charge >= 0.3 is 5.97 Å². The van der Waals surface area contributed by atoms with Crippen molar-refractivity contribution in [2.75, 3.05) is 12.4 Å². The first-order valence-electron chi connectivity index (χ1n) is 7.46. The minimum atomic E-state index is -1.13. The number of ether oxygens (including phenoxy) is 2. The van der Waals surface area contributed by atoms with E-state index in [1.807, 2.05) is 0 Å². The topological polar surface area (TPSA) is 121 Å². The first-order chi connectivity index (χ1) is 12.4. The maximum Gasteiger partial charge on any atom is 0.331 e. The van der Waals surface area contributed by atoms with E-state index in [9.17, 15) is 19.7 Å². The number of benzene rings is 1. The molecule has 1 aromatic carbocycles. The predicted octanol–water partition coefficient (Wildman–Crippen LogP) is 2.78. The second-order valence-corrected chi connectivity index (χ2v) is 5.06. The van der Waals surface area contributed by atoms with Crippen LogP contribution in [-0.4, -0.2) is 30.0 Å². The molecule has 1 N–H and O–H groups in total. The van der Waals surface area contributed by atoms with Crippen molar-refractivity contribution in [1.82, 2.24) is 0 Å². The van der Waals surface area contributed by atoms with Crippen LogP contribution in [0.2, 0.25) is 0 Å². The Balaban J connectivity index is 2.01. The summed E-state index contributed by atoms with van der Waals surface area (Å²) in [4.78, 5) is 34.2. The number of methoxy groups -OCH3 is 1. The molecule has 1 unspecified atom stereocenters. The highest BCUT2D eigenvalue weighted by molar-refractivity contribution is 5.97. The molecule has 1 heterocycles. The zero-order valence-corrected chi connectivity index (χ0v) is 14.0. The van der Waals surface area contributed by atoms with Gasteiger partial charge in [-0.15, -0.1) is 0 Å². The fraction of sp³-hybridized carbons (Fsp3) is 0.176. The SMILES string of the molecule is COc1ccc([N+](=O)[O-])cc1NC(=O)C(C)OC(=O)C=Cc1ccco1. The monoisotopic (exact) mass is 360 g/mol. The fourth-order valence-electron chi connectivity index (χ4n) is 1.94. The number of nitrogens with zero attached hydrogens (tertiary/aromatic N) is 1. The molecular weight excluding hydrogens is 344 g/mol. The van der Waals surface area contributed by atoms with E-state index in [1.54, 1.807) is 12.1 Å². The van der Waals surface area contributed by atoms with Gasteiger partial charge in [-0.3, -0.25) is 14.9 Å². The molecule has 1 aromatic heterocycles. The molecule has 26 heavy (non-hydrogen) atoms. The summed E-state index contributed by atoms with van der Waals surface area (Å²) < 4.78 is 15.1. The molecule has 9 nitrogen and oxygen atoms in total. The molecule has 0 spiro atoms. The van der Waals surface area contributed by atoms with Crippen LogP contribution >= 0.6 is 0 Å². The van der Waals surface area contributed by atoms with Gasteiger partial charge in [-0.25, -0.2) is 4.79 Å². The average Bonchev–Trinajstić information content (AvgIpc) is 3.13. The molecular formula is C17H16N2O7. The Bertz CT molecular complexity index is 828. The van der Waals surface area contributed by atoms with Gasteiger partial charge in [0.15, 0.2) is 6.10 Å². The molecule has 1 atom stereocenters. The van der Waals surface area contributed by atoms with Gasteiger partial charge < -0.3 is 19.2 Å². The molecule has 0 saturated heterocycles. The molecule has 0 radical (unpaired) electrons. The first kappa shape index (κ1) is 18.7. The van der Waals surface area contributed by atoms with Gasteiger partial charge in [-0.2, -0.15) is 0 Å². The third-order valence-corrected chi connectivity index (χ3v) is 3.24. The summed E-state index contributed by atoms with van der Waals surface area (Å²) in [5.74, 6) is -0.709. The minimum Gasteiger partial charge on any atom is -0.495 e. The highest BCUT2D eigenvalue weighted by Crippen LogP contribution is 2.29. The molecule has 1 amide bonds. The van der Waals surface area contributed by atoms with E-state index in [1.165, 1.54) is 38.5 Å². The molecule has 0 bridgehead atoms. The number of nitrogens with one attached hydrogen (secondary N) is 1. The Hall–Kier alpha value is -3.62. The summed E-state index contributed by atoms with van der Waals surface area (Å²) in [5.41, 5.74) is -0.118. The third kappa shape index (κ3) is 4.94. The number of amides is 1. The third-order valence-electron chi connectivity index (χ3n) is 3.24. The van der Waals surface area contributed by atoms with Crippen LogP contribution in [0.15, 0.2) is 47.1 Å².